The van der Waals surface area contributed by atoms with Crippen molar-refractivity contribution in [3.8, 4) is 0 Å². The third-order valence-corrected chi connectivity index (χ3v) is 1.33. The molecule has 0 unspecified atom stereocenters. The smallest absolute Gasteiger partial charge is 0.265 e. The summed E-state index contributed by atoms with van der Waals surface area (Å²) in [5, 5.41) is 0. The molecular weight excluding hydrogens is 374 g/mol. The number of hydrogen-bond acceptors (Lipinski definition) is 7. The van der Waals surface area contributed by atoms with Gasteiger partial charge in [0.2, 0.25) is 0 Å². The van der Waals surface area contributed by atoms with E-state index in [1.54, 1.807) is 12.4 Å². The zero-order chi connectivity index (χ0) is 12.7. The molecule has 0 saturated carbocycles. The standard InChI is InChI=1S/C5H5N.Ag.H2O8S2/c1-2-4-6-5-3-1;;1-9(2,3)7-8-10(4,5)6/h1-5H;;(H,1,2,3)(H,4,5,6). The molecule has 17 heavy (non-hydrogen) atoms. The molecule has 1 rings (SSSR count). The van der Waals surface area contributed by atoms with E-state index in [2.05, 4.69) is 13.7 Å². The first-order valence-electron chi connectivity index (χ1n) is 3.38. The van der Waals surface area contributed by atoms with Gasteiger partial charge in [-0.15, -0.1) is 0 Å². The molecule has 0 aromatic carbocycles. The molecule has 9 nitrogen and oxygen atoms in total. The molecule has 103 valence electrons. The van der Waals surface area contributed by atoms with Gasteiger partial charge >= 0.3 is 20.8 Å². The predicted octanol–water partition coefficient (Wildman–Crippen LogP) is -0.381. The number of nitrogens with zero attached hydrogens (tertiary/aromatic N) is 1. The Morgan fingerprint density at radius 3 is 1.29 bits per heavy atom. The van der Waals surface area contributed by atoms with E-state index in [-0.39, 0.29) is 22.4 Å². The Kier molecular flexibility index (Phi) is 9.69. The van der Waals surface area contributed by atoms with Crippen LogP contribution in [0.4, 0.5) is 0 Å². The Hall–Kier alpha value is -0.370. The Bertz CT molecular complexity index is 427. The maximum absolute atomic E-state index is 9.51. The average Bonchev–Trinajstić information content (AvgIpc) is 2.17. The van der Waals surface area contributed by atoms with Crippen LogP contribution < -0.4 is 0 Å². The van der Waals surface area contributed by atoms with Crippen molar-refractivity contribution in [1.29, 1.82) is 0 Å². The molecule has 0 saturated heterocycles. The quantitative estimate of drug-likeness (QED) is 0.310. The average molecular weight is 381 g/mol. The van der Waals surface area contributed by atoms with Crippen LogP contribution in [0, 0.1) is 0 Å². The normalized spacial score (nSPS) is 10.7. The van der Waals surface area contributed by atoms with Gasteiger partial charge in [0.15, 0.2) is 0 Å². The van der Waals surface area contributed by atoms with Crippen molar-refractivity contribution in [3.63, 3.8) is 0 Å². The molecule has 1 radical (unpaired) electrons. The van der Waals surface area contributed by atoms with Gasteiger partial charge in [-0.2, -0.15) is 16.8 Å². The summed E-state index contributed by atoms with van der Waals surface area (Å²) in [5.74, 6) is 0. The number of aromatic nitrogens is 1. The SMILES string of the molecule is O=S(=O)(O)OOS(=O)(=O)O.[Ag].c1ccncc1. The number of pyridine rings is 1. The molecule has 12 heteroatoms. The van der Waals surface area contributed by atoms with Crippen LogP contribution in [0.15, 0.2) is 30.6 Å². The second-order valence-electron chi connectivity index (χ2n) is 2.02. The molecule has 0 aliphatic rings. The van der Waals surface area contributed by atoms with E-state index in [0.29, 0.717) is 0 Å². The molecule has 1 heterocycles. The zero-order valence-corrected chi connectivity index (χ0v) is 10.9. The van der Waals surface area contributed by atoms with Crippen molar-refractivity contribution in [2.45, 2.75) is 0 Å². The first kappa shape index (κ1) is 19.0. The molecule has 1 aromatic heterocycles. The summed E-state index contributed by atoms with van der Waals surface area (Å²) in [6.45, 7) is 0. The fraction of sp³-hybridized carbons (Fsp3) is 0. The van der Waals surface area contributed by atoms with Gasteiger partial charge in [0.05, 0.1) is 0 Å². The van der Waals surface area contributed by atoms with E-state index in [0.717, 1.165) is 0 Å². The van der Waals surface area contributed by atoms with Gasteiger partial charge in [-0.25, -0.2) is 0 Å². The minimum absolute atomic E-state index is 0. The van der Waals surface area contributed by atoms with Crippen molar-refractivity contribution in [2.24, 2.45) is 0 Å². The number of rotatable bonds is 3. The minimum atomic E-state index is -5.02. The monoisotopic (exact) mass is 380 g/mol. The van der Waals surface area contributed by atoms with Crippen molar-refractivity contribution in [3.05, 3.63) is 30.6 Å². The molecule has 0 bridgehead atoms. The molecule has 0 atom stereocenters. The predicted molar refractivity (Wildman–Crippen MR) is 49.5 cm³/mol. The summed E-state index contributed by atoms with van der Waals surface area (Å²) in [7, 11) is -10.0. The topological polar surface area (TPSA) is 140 Å². The maximum atomic E-state index is 9.51. The third-order valence-electron chi connectivity index (χ3n) is 0.766. The second kappa shape index (κ2) is 8.68. The first-order valence-corrected chi connectivity index (χ1v) is 6.11. The van der Waals surface area contributed by atoms with Crippen molar-refractivity contribution in [2.75, 3.05) is 0 Å². The molecule has 0 fully saturated rings. The van der Waals surface area contributed by atoms with Gasteiger partial charge in [0, 0.05) is 34.8 Å². The molecule has 0 amide bonds. The Morgan fingerprint density at radius 2 is 1.18 bits per heavy atom. The molecule has 1 aromatic rings. The van der Waals surface area contributed by atoms with E-state index in [1.165, 1.54) is 0 Å². The van der Waals surface area contributed by atoms with Gasteiger partial charge < -0.3 is 0 Å². The fourth-order valence-corrected chi connectivity index (χ4v) is 0.944. The Morgan fingerprint density at radius 1 is 0.824 bits per heavy atom. The summed E-state index contributed by atoms with van der Waals surface area (Å²) in [6, 6.07) is 5.72. The summed E-state index contributed by atoms with van der Waals surface area (Å²) in [6.07, 6.45) is 3.50. The van der Waals surface area contributed by atoms with Crippen LogP contribution in [0.3, 0.4) is 0 Å². The van der Waals surface area contributed by atoms with E-state index < -0.39 is 20.8 Å². The van der Waals surface area contributed by atoms with Crippen LogP contribution in [0.1, 0.15) is 0 Å². The van der Waals surface area contributed by atoms with E-state index in [9.17, 15) is 16.8 Å². The molecular formula is C5H7AgNO8S2. The van der Waals surface area contributed by atoms with E-state index in [4.69, 9.17) is 9.11 Å². The number of hydrogen-bond donors (Lipinski definition) is 2. The van der Waals surface area contributed by atoms with Crippen LogP contribution in [-0.4, -0.2) is 30.9 Å². The Balaban J connectivity index is 0. The van der Waals surface area contributed by atoms with Crippen LogP contribution in [0.25, 0.3) is 0 Å². The Labute approximate surface area is 113 Å². The minimum Gasteiger partial charge on any atom is -0.265 e. The van der Waals surface area contributed by atoms with E-state index in [1.807, 2.05) is 18.2 Å². The first-order chi connectivity index (χ1) is 7.21. The molecule has 0 spiro atoms. The summed E-state index contributed by atoms with van der Waals surface area (Å²) in [5.41, 5.74) is 0. The van der Waals surface area contributed by atoms with Gasteiger partial charge in [0.25, 0.3) is 0 Å². The van der Waals surface area contributed by atoms with Crippen LogP contribution in [0.2, 0.25) is 0 Å². The summed E-state index contributed by atoms with van der Waals surface area (Å²) < 4.78 is 58.9. The fourth-order valence-electron chi connectivity index (χ4n) is 0.383. The van der Waals surface area contributed by atoms with Crippen molar-refractivity contribution >= 4 is 20.8 Å². The van der Waals surface area contributed by atoms with Gasteiger partial charge in [-0.1, -0.05) is 14.7 Å². The summed E-state index contributed by atoms with van der Waals surface area (Å²) in [4.78, 5) is 3.78. The molecule has 2 N–H and O–H groups in total. The van der Waals surface area contributed by atoms with Crippen molar-refractivity contribution in [1.82, 2.24) is 4.98 Å². The van der Waals surface area contributed by atoms with Crippen molar-refractivity contribution < 1.29 is 57.0 Å². The largest absolute Gasteiger partial charge is 0.425 e. The zero-order valence-electron chi connectivity index (χ0n) is 7.80. The second-order valence-corrected chi connectivity index (χ2v) is 4.00. The van der Waals surface area contributed by atoms with Gasteiger partial charge in [-0.3, -0.25) is 14.1 Å². The van der Waals surface area contributed by atoms with Gasteiger partial charge in [0.1, 0.15) is 0 Å². The maximum Gasteiger partial charge on any atom is 0.425 e. The van der Waals surface area contributed by atoms with Gasteiger partial charge in [-0.05, 0) is 12.1 Å². The summed E-state index contributed by atoms with van der Waals surface area (Å²) >= 11 is 0. The molecule has 0 aliphatic heterocycles. The van der Waals surface area contributed by atoms with Crippen LogP contribution in [-0.2, 0) is 51.8 Å². The van der Waals surface area contributed by atoms with Crippen LogP contribution in [0.5, 0.6) is 0 Å². The third kappa shape index (κ3) is 18.2. The van der Waals surface area contributed by atoms with E-state index >= 15 is 0 Å². The van der Waals surface area contributed by atoms with Crippen LogP contribution >= 0.6 is 0 Å². The molecule has 0 aliphatic carbocycles.